The lowest BCUT2D eigenvalue weighted by molar-refractivity contribution is 0.313. The lowest BCUT2D eigenvalue weighted by atomic mass is 9.81. The van der Waals surface area contributed by atoms with Gasteiger partial charge in [-0.05, 0) is 31.3 Å². The molecular formula is C16H30N2. The van der Waals surface area contributed by atoms with Gasteiger partial charge < -0.3 is 10.6 Å². The number of rotatable bonds is 6. The smallest absolute Gasteiger partial charge is 0.0186 e. The zero-order chi connectivity index (χ0) is 13.7. The summed E-state index contributed by atoms with van der Waals surface area (Å²) in [5.74, 6) is 1.28. The summed E-state index contributed by atoms with van der Waals surface area (Å²) < 4.78 is 0. The maximum Gasteiger partial charge on any atom is 0.0186 e. The van der Waals surface area contributed by atoms with Gasteiger partial charge in [0.05, 0.1) is 0 Å². The summed E-state index contributed by atoms with van der Waals surface area (Å²) in [4.78, 5) is 2.39. The molecule has 18 heavy (non-hydrogen) atoms. The van der Waals surface area contributed by atoms with E-state index in [1.807, 2.05) is 0 Å². The molecule has 1 aliphatic rings. The molecule has 0 heterocycles. The van der Waals surface area contributed by atoms with Crippen LogP contribution in [0.2, 0.25) is 0 Å². The molecule has 2 nitrogen and oxygen atoms in total. The van der Waals surface area contributed by atoms with Gasteiger partial charge in [-0.1, -0.05) is 39.3 Å². The molecule has 0 aromatic heterocycles. The molecule has 2 heteroatoms. The molecule has 0 spiro atoms. The zero-order valence-corrected chi connectivity index (χ0v) is 12.7. The van der Waals surface area contributed by atoms with E-state index in [9.17, 15) is 0 Å². The molecule has 0 saturated heterocycles. The molecule has 0 amide bonds. The Hall–Kier alpha value is -0.760. The maximum atomic E-state index is 6.00. The average Bonchev–Trinajstić information content (AvgIpc) is 2.38. The van der Waals surface area contributed by atoms with Crippen LogP contribution in [0, 0.1) is 11.8 Å². The van der Waals surface area contributed by atoms with Crippen LogP contribution in [0.25, 0.3) is 0 Å². The van der Waals surface area contributed by atoms with E-state index in [0.717, 1.165) is 19.4 Å². The summed E-state index contributed by atoms with van der Waals surface area (Å²) in [6.07, 6.45) is 7.94. The van der Waals surface area contributed by atoms with Gasteiger partial charge in [0.1, 0.15) is 0 Å². The molecule has 2 N–H and O–H groups in total. The molecular weight excluding hydrogens is 220 g/mol. The first-order valence-electron chi connectivity index (χ1n) is 7.38. The fourth-order valence-electron chi connectivity index (χ4n) is 2.68. The monoisotopic (exact) mass is 250 g/mol. The van der Waals surface area contributed by atoms with Crippen LogP contribution in [0.4, 0.5) is 0 Å². The van der Waals surface area contributed by atoms with Crippen LogP contribution in [0.1, 0.15) is 47.0 Å². The molecule has 0 fully saturated rings. The standard InChI is InChI=1S/C16H30N2/c1-6-14-8-9-16(13(4)12(14)3)18(5)11-10-15(17)7-2/h8-9,12-13,15H,6-7,10-11,17H2,1-5H3/t12-,13+,15-/m1/s1. The minimum absolute atomic E-state index is 0.339. The average molecular weight is 250 g/mol. The molecule has 0 aromatic carbocycles. The van der Waals surface area contributed by atoms with Gasteiger partial charge in [-0.3, -0.25) is 0 Å². The minimum Gasteiger partial charge on any atom is -0.378 e. The van der Waals surface area contributed by atoms with E-state index in [2.05, 4.69) is 51.8 Å². The van der Waals surface area contributed by atoms with Crippen molar-refractivity contribution in [3.05, 3.63) is 23.4 Å². The van der Waals surface area contributed by atoms with Gasteiger partial charge in [-0.25, -0.2) is 0 Å². The first-order chi connectivity index (χ1) is 8.51. The van der Waals surface area contributed by atoms with Gasteiger partial charge in [0.25, 0.3) is 0 Å². The summed E-state index contributed by atoms with van der Waals surface area (Å²) in [6, 6.07) is 0.339. The van der Waals surface area contributed by atoms with E-state index in [-0.39, 0.29) is 0 Å². The van der Waals surface area contributed by atoms with E-state index in [0.29, 0.717) is 17.9 Å². The van der Waals surface area contributed by atoms with Crippen LogP contribution in [-0.2, 0) is 0 Å². The van der Waals surface area contributed by atoms with Crippen LogP contribution in [-0.4, -0.2) is 24.5 Å². The van der Waals surface area contributed by atoms with Gasteiger partial charge >= 0.3 is 0 Å². The Bertz CT molecular complexity index is 317. The van der Waals surface area contributed by atoms with E-state index in [1.165, 1.54) is 12.1 Å². The third kappa shape index (κ3) is 3.61. The first-order valence-corrected chi connectivity index (χ1v) is 7.38. The lowest BCUT2D eigenvalue weighted by Crippen LogP contribution is -2.32. The number of hydrogen-bond acceptors (Lipinski definition) is 2. The normalized spacial score (nSPS) is 25.4. The van der Waals surface area contributed by atoms with E-state index in [4.69, 9.17) is 5.73 Å². The van der Waals surface area contributed by atoms with Crippen LogP contribution < -0.4 is 5.73 Å². The Balaban J connectivity index is 2.65. The van der Waals surface area contributed by atoms with Crippen LogP contribution >= 0.6 is 0 Å². The third-order valence-corrected chi connectivity index (χ3v) is 4.48. The number of nitrogens with zero attached hydrogens (tertiary/aromatic N) is 1. The maximum absolute atomic E-state index is 6.00. The molecule has 0 aromatic rings. The summed E-state index contributed by atoms with van der Waals surface area (Å²) >= 11 is 0. The Morgan fingerprint density at radius 2 is 1.89 bits per heavy atom. The highest BCUT2D eigenvalue weighted by Crippen LogP contribution is 2.33. The largest absolute Gasteiger partial charge is 0.378 e. The molecule has 0 aliphatic heterocycles. The molecule has 0 saturated carbocycles. The molecule has 1 rings (SSSR count). The van der Waals surface area contributed by atoms with Crippen molar-refractivity contribution in [1.82, 2.24) is 4.90 Å². The predicted molar refractivity (Wildman–Crippen MR) is 80.3 cm³/mol. The Labute approximate surface area is 113 Å². The molecule has 3 atom stereocenters. The van der Waals surface area contributed by atoms with Crippen molar-refractivity contribution in [2.45, 2.75) is 53.0 Å². The predicted octanol–water partition coefficient (Wildman–Crippen LogP) is 3.55. The minimum atomic E-state index is 0.339. The van der Waals surface area contributed by atoms with Crippen molar-refractivity contribution in [3.63, 3.8) is 0 Å². The second-order valence-electron chi connectivity index (χ2n) is 5.64. The molecule has 1 aliphatic carbocycles. The van der Waals surface area contributed by atoms with E-state index in [1.54, 1.807) is 5.57 Å². The van der Waals surface area contributed by atoms with Crippen LogP contribution in [0.15, 0.2) is 23.4 Å². The van der Waals surface area contributed by atoms with Crippen molar-refractivity contribution in [3.8, 4) is 0 Å². The Kier molecular flexibility index (Phi) is 5.94. The van der Waals surface area contributed by atoms with Crippen LogP contribution in [0.3, 0.4) is 0 Å². The second-order valence-corrected chi connectivity index (χ2v) is 5.64. The second kappa shape index (κ2) is 6.98. The van der Waals surface area contributed by atoms with Crippen molar-refractivity contribution in [2.24, 2.45) is 17.6 Å². The van der Waals surface area contributed by atoms with Gasteiger partial charge in [-0.2, -0.15) is 0 Å². The Morgan fingerprint density at radius 3 is 2.44 bits per heavy atom. The summed E-state index contributed by atoms with van der Waals surface area (Å²) in [5.41, 5.74) is 9.03. The van der Waals surface area contributed by atoms with Gasteiger partial charge in [0, 0.05) is 31.2 Å². The molecule has 0 unspecified atom stereocenters. The fraction of sp³-hybridized carbons (Fsp3) is 0.750. The molecule has 0 radical (unpaired) electrons. The third-order valence-electron chi connectivity index (χ3n) is 4.48. The summed E-state index contributed by atoms with van der Waals surface area (Å²) in [6.45, 7) is 10.2. The zero-order valence-electron chi connectivity index (χ0n) is 12.7. The van der Waals surface area contributed by atoms with Crippen molar-refractivity contribution < 1.29 is 0 Å². The highest BCUT2D eigenvalue weighted by molar-refractivity contribution is 5.27. The summed E-state index contributed by atoms with van der Waals surface area (Å²) in [7, 11) is 2.20. The van der Waals surface area contributed by atoms with Gasteiger partial charge in [0.2, 0.25) is 0 Å². The lowest BCUT2D eigenvalue weighted by Gasteiger charge is -2.34. The highest BCUT2D eigenvalue weighted by Gasteiger charge is 2.24. The summed E-state index contributed by atoms with van der Waals surface area (Å²) in [5, 5.41) is 0. The topological polar surface area (TPSA) is 29.3 Å². The Morgan fingerprint density at radius 1 is 1.22 bits per heavy atom. The van der Waals surface area contributed by atoms with Crippen LogP contribution in [0.5, 0.6) is 0 Å². The quantitative estimate of drug-likeness (QED) is 0.781. The number of hydrogen-bond donors (Lipinski definition) is 1. The number of allylic oxidation sites excluding steroid dienone is 4. The number of nitrogens with two attached hydrogens (primary N) is 1. The van der Waals surface area contributed by atoms with Crippen molar-refractivity contribution >= 4 is 0 Å². The van der Waals surface area contributed by atoms with E-state index >= 15 is 0 Å². The van der Waals surface area contributed by atoms with Gasteiger partial charge in [0.15, 0.2) is 0 Å². The highest BCUT2D eigenvalue weighted by atomic mass is 15.1. The first kappa shape index (κ1) is 15.3. The van der Waals surface area contributed by atoms with E-state index < -0.39 is 0 Å². The van der Waals surface area contributed by atoms with Crippen molar-refractivity contribution in [2.75, 3.05) is 13.6 Å². The molecule has 0 bridgehead atoms. The molecule has 104 valence electrons. The van der Waals surface area contributed by atoms with Gasteiger partial charge in [-0.15, -0.1) is 0 Å². The fourth-order valence-corrected chi connectivity index (χ4v) is 2.68. The van der Waals surface area contributed by atoms with Crippen molar-refractivity contribution in [1.29, 1.82) is 0 Å². The SMILES string of the molecule is CCC1=CC=C(N(C)CC[C@H](N)CC)[C@@H](C)[C@H]1C.